The lowest BCUT2D eigenvalue weighted by atomic mass is 10.0. The molecule has 218 valence electrons. The molecule has 0 radical (unpaired) electrons. The Kier molecular flexibility index (Phi) is 7.26. The van der Waals surface area contributed by atoms with Crippen LogP contribution >= 0.6 is 0 Å². The van der Waals surface area contributed by atoms with Crippen LogP contribution in [-0.4, -0.2) is 82.9 Å². The van der Waals surface area contributed by atoms with Crippen molar-refractivity contribution in [1.82, 2.24) is 39.1 Å². The summed E-state index contributed by atoms with van der Waals surface area (Å²) < 4.78 is 42.1. The molecule has 15 heteroatoms. The molecule has 1 aromatic carbocycles. The maximum Gasteiger partial charge on any atom is 0.387 e. The summed E-state index contributed by atoms with van der Waals surface area (Å²) in [5.41, 5.74) is 1.17. The Morgan fingerprint density at radius 2 is 2.02 bits per heavy atom. The summed E-state index contributed by atoms with van der Waals surface area (Å²) in [5, 5.41) is 26.1. The Hall–Kier alpha value is -4.89. The number of aryl methyl sites for hydroxylation is 1. The van der Waals surface area contributed by atoms with Crippen LogP contribution in [0.25, 0.3) is 16.9 Å². The van der Waals surface area contributed by atoms with Crippen molar-refractivity contribution in [2.24, 2.45) is 7.05 Å². The number of anilines is 1. The van der Waals surface area contributed by atoms with Gasteiger partial charge in [0.1, 0.15) is 22.8 Å². The van der Waals surface area contributed by atoms with Crippen molar-refractivity contribution in [2.45, 2.75) is 25.2 Å². The predicted molar refractivity (Wildman–Crippen MR) is 146 cm³/mol. The van der Waals surface area contributed by atoms with E-state index in [0.717, 1.165) is 6.54 Å². The molecule has 2 atom stereocenters. The van der Waals surface area contributed by atoms with E-state index in [4.69, 9.17) is 9.47 Å². The minimum Gasteiger partial charge on any atom is -0.454 e. The molecule has 1 aliphatic rings. The summed E-state index contributed by atoms with van der Waals surface area (Å²) in [6.45, 7) is -1.67. The highest BCUT2D eigenvalue weighted by Crippen LogP contribution is 2.39. The van der Waals surface area contributed by atoms with Crippen LogP contribution < -0.4 is 14.8 Å². The summed E-state index contributed by atoms with van der Waals surface area (Å²) in [6.07, 6.45) is 9.41. The number of carbonyl (C=O) groups is 1. The molecule has 0 spiro atoms. The maximum atomic E-state index is 13.4. The quantitative estimate of drug-likeness (QED) is 0.284. The van der Waals surface area contributed by atoms with E-state index in [0.29, 0.717) is 30.1 Å². The van der Waals surface area contributed by atoms with E-state index in [1.165, 1.54) is 39.8 Å². The average Bonchev–Trinajstić information content (AvgIpc) is 3.69. The van der Waals surface area contributed by atoms with Gasteiger partial charge in [-0.25, -0.2) is 9.50 Å². The van der Waals surface area contributed by atoms with Crippen LogP contribution in [0.2, 0.25) is 0 Å². The number of amides is 1. The number of nitrogens with zero attached hydrogens (tertiary/aromatic N) is 8. The number of carbonyl (C=O) groups excluding carboxylic acids is 1. The Morgan fingerprint density at radius 3 is 2.86 bits per heavy atom. The molecule has 1 fully saturated rings. The van der Waals surface area contributed by atoms with Gasteiger partial charge in [-0.15, -0.1) is 0 Å². The van der Waals surface area contributed by atoms with Gasteiger partial charge in [-0.2, -0.15) is 24.1 Å². The SMILES string of the molecule is CN1CC[C@@H](O)[C@H](n2cc(Oc3ccc(OC(F)F)c(-c4nn(C)cc4NC(=O)c4cnn5cccnc45)c3)cn2)C1. The molecule has 6 rings (SSSR count). The normalized spacial score (nSPS) is 17.6. The molecule has 0 unspecified atom stereocenters. The van der Waals surface area contributed by atoms with Crippen molar-refractivity contribution in [3.05, 3.63) is 67.0 Å². The highest BCUT2D eigenvalue weighted by atomic mass is 19.3. The first kappa shape index (κ1) is 27.3. The number of aliphatic hydroxyl groups is 1. The third-order valence-corrected chi connectivity index (χ3v) is 6.93. The van der Waals surface area contributed by atoms with Crippen molar-refractivity contribution in [2.75, 3.05) is 25.5 Å². The number of benzene rings is 1. The number of ether oxygens (including phenoxy) is 2. The predicted octanol–water partition coefficient (Wildman–Crippen LogP) is 3.21. The van der Waals surface area contributed by atoms with E-state index in [1.807, 2.05) is 7.05 Å². The molecular weight excluding hydrogens is 552 g/mol. The number of fused-ring (bicyclic) bond motifs is 1. The molecule has 2 N–H and O–H groups in total. The molecule has 13 nitrogen and oxygen atoms in total. The first-order chi connectivity index (χ1) is 20.2. The lowest BCUT2D eigenvalue weighted by Crippen LogP contribution is -2.42. The first-order valence-electron chi connectivity index (χ1n) is 13.1. The molecule has 1 amide bonds. The highest BCUT2D eigenvalue weighted by molar-refractivity contribution is 6.09. The van der Waals surface area contributed by atoms with Crippen LogP contribution in [0.5, 0.6) is 17.2 Å². The fraction of sp³-hybridized carbons (Fsp3) is 0.296. The number of likely N-dealkylation sites (tertiary alicyclic amines) is 1. The van der Waals surface area contributed by atoms with Gasteiger partial charge in [0.05, 0.1) is 42.0 Å². The fourth-order valence-electron chi connectivity index (χ4n) is 4.94. The van der Waals surface area contributed by atoms with E-state index in [1.54, 1.807) is 42.6 Å². The van der Waals surface area contributed by atoms with Crippen LogP contribution in [0.4, 0.5) is 14.5 Å². The maximum absolute atomic E-state index is 13.4. The minimum absolute atomic E-state index is 0.159. The third-order valence-electron chi connectivity index (χ3n) is 6.93. The number of nitrogens with one attached hydrogen (secondary N) is 1. The monoisotopic (exact) mass is 579 g/mol. The average molecular weight is 580 g/mol. The Bertz CT molecular complexity index is 1730. The van der Waals surface area contributed by atoms with Crippen LogP contribution in [0.3, 0.4) is 0 Å². The second-order valence-electron chi connectivity index (χ2n) is 9.95. The van der Waals surface area contributed by atoms with Crippen molar-refractivity contribution in [1.29, 1.82) is 0 Å². The lowest BCUT2D eigenvalue weighted by molar-refractivity contribution is -0.0494. The van der Waals surface area contributed by atoms with E-state index in [9.17, 15) is 18.7 Å². The topological polar surface area (TPSA) is 137 Å². The number of hydrogen-bond acceptors (Lipinski definition) is 9. The molecule has 0 aliphatic carbocycles. The number of aliphatic hydroxyl groups excluding tert-OH is 1. The molecular formula is C27H27F2N9O4. The smallest absolute Gasteiger partial charge is 0.387 e. The van der Waals surface area contributed by atoms with Crippen molar-refractivity contribution in [3.8, 4) is 28.5 Å². The zero-order valence-corrected chi connectivity index (χ0v) is 22.6. The van der Waals surface area contributed by atoms with Gasteiger partial charge in [-0.3, -0.25) is 14.2 Å². The van der Waals surface area contributed by atoms with Crippen LogP contribution in [0.15, 0.2) is 61.4 Å². The molecule has 4 aromatic heterocycles. The Balaban J connectivity index is 1.30. The van der Waals surface area contributed by atoms with Crippen molar-refractivity contribution < 1.29 is 28.2 Å². The van der Waals surface area contributed by atoms with Gasteiger partial charge in [0, 0.05) is 38.7 Å². The summed E-state index contributed by atoms with van der Waals surface area (Å²) in [6, 6.07) is 5.77. The number of rotatable bonds is 8. The first-order valence-corrected chi connectivity index (χ1v) is 13.1. The number of likely N-dealkylation sites (N-methyl/N-ethyl adjacent to an activating group) is 1. The lowest BCUT2D eigenvalue weighted by Gasteiger charge is -2.33. The van der Waals surface area contributed by atoms with E-state index >= 15 is 0 Å². The van der Waals surface area contributed by atoms with Crippen molar-refractivity contribution >= 4 is 17.2 Å². The summed E-state index contributed by atoms with van der Waals surface area (Å²) in [7, 11) is 3.61. The number of piperidine rings is 1. The second kappa shape index (κ2) is 11.2. The van der Waals surface area contributed by atoms with E-state index in [-0.39, 0.29) is 34.3 Å². The number of alkyl halides is 2. The van der Waals surface area contributed by atoms with E-state index in [2.05, 4.69) is 30.5 Å². The highest BCUT2D eigenvalue weighted by Gasteiger charge is 2.28. The third kappa shape index (κ3) is 5.51. The number of aromatic nitrogens is 7. The van der Waals surface area contributed by atoms with E-state index < -0.39 is 18.6 Å². The zero-order valence-electron chi connectivity index (χ0n) is 22.6. The molecule has 42 heavy (non-hydrogen) atoms. The van der Waals surface area contributed by atoms with Crippen molar-refractivity contribution in [3.63, 3.8) is 0 Å². The van der Waals surface area contributed by atoms with Gasteiger partial charge in [0.15, 0.2) is 11.4 Å². The molecule has 5 heterocycles. The van der Waals surface area contributed by atoms with Crippen LogP contribution in [0.1, 0.15) is 22.8 Å². The van der Waals surface area contributed by atoms with Gasteiger partial charge in [-0.1, -0.05) is 0 Å². The fourth-order valence-corrected chi connectivity index (χ4v) is 4.94. The molecule has 5 aromatic rings. The second-order valence-corrected chi connectivity index (χ2v) is 9.95. The number of halogens is 2. The van der Waals surface area contributed by atoms with Gasteiger partial charge in [0.25, 0.3) is 5.91 Å². The largest absolute Gasteiger partial charge is 0.454 e. The zero-order chi connectivity index (χ0) is 29.4. The summed E-state index contributed by atoms with van der Waals surface area (Å²) in [5.74, 6) is 0.0131. The Morgan fingerprint density at radius 1 is 1.17 bits per heavy atom. The molecule has 1 aliphatic heterocycles. The molecule has 0 saturated carbocycles. The van der Waals surface area contributed by atoms with Gasteiger partial charge in [0.2, 0.25) is 0 Å². The van der Waals surface area contributed by atoms with Gasteiger partial charge in [-0.05, 0) is 37.7 Å². The van der Waals surface area contributed by atoms with Crippen LogP contribution in [0, 0.1) is 0 Å². The minimum atomic E-state index is -3.10. The number of hydrogen-bond donors (Lipinski definition) is 2. The summed E-state index contributed by atoms with van der Waals surface area (Å²) in [4.78, 5) is 19.5. The standard InChI is InChI=1S/C27H27F2N9O4/c1-35-9-6-22(39)21(15-35)38-13-17(11-31-38)41-16-4-5-23(42-27(28)29)18(10-16)24-20(14-36(2)34-24)33-26(40)19-12-32-37-8-3-7-30-25(19)37/h3-5,7-8,10-14,21-22,27,39H,6,9,15H2,1-2H3,(H,33,40)/t21-,22-/m1/s1. The van der Waals surface area contributed by atoms with Gasteiger partial charge >= 0.3 is 6.61 Å². The Labute approximate surface area is 237 Å². The van der Waals surface area contributed by atoms with Gasteiger partial charge < -0.3 is 24.8 Å². The molecule has 0 bridgehead atoms. The molecule has 1 saturated heterocycles. The summed E-state index contributed by atoms with van der Waals surface area (Å²) >= 11 is 0. The van der Waals surface area contributed by atoms with Crippen LogP contribution in [-0.2, 0) is 7.05 Å².